The maximum atomic E-state index is 11.9. The second-order valence-electron chi connectivity index (χ2n) is 5.76. The molecule has 0 unspecified atom stereocenters. The minimum atomic E-state index is -0.0347. The molecule has 0 atom stereocenters. The zero-order valence-electron chi connectivity index (χ0n) is 13.0. The lowest BCUT2D eigenvalue weighted by Crippen LogP contribution is -2.29. The number of carbonyl (C=O) groups excluding carboxylic acids is 1. The molecule has 1 heterocycles. The number of carbonyl (C=O) groups is 1. The molecular formula is C18H21N3O2. The standard InChI is InChI=1S/C18H21N3O2/c22-18(12-19-11-14-7-8-14)21-15-5-3-6-17(10-15)23-13-16-4-1-2-9-20-16/h1-6,9-10,14,19H,7-8,11-13H2,(H,21,22). The molecule has 1 fully saturated rings. The highest BCUT2D eigenvalue weighted by Gasteiger charge is 2.20. The van der Waals surface area contributed by atoms with Gasteiger partial charge in [-0.25, -0.2) is 0 Å². The first-order valence-electron chi connectivity index (χ1n) is 7.93. The van der Waals surface area contributed by atoms with E-state index in [0.717, 1.165) is 23.8 Å². The highest BCUT2D eigenvalue weighted by molar-refractivity contribution is 5.92. The molecule has 2 aromatic rings. The Bertz CT molecular complexity index is 642. The summed E-state index contributed by atoms with van der Waals surface area (Å²) in [5.41, 5.74) is 1.60. The fourth-order valence-corrected chi connectivity index (χ4v) is 2.22. The predicted octanol–water partition coefficient (Wildman–Crippen LogP) is 2.60. The number of aromatic nitrogens is 1. The maximum Gasteiger partial charge on any atom is 0.238 e. The molecule has 5 heteroatoms. The van der Waals surface area contributed by atoms with E-state index in [9.17, 15) is 4.79 Å². The highest BCUT2D eigenvalue weighted by atomic mass is 16.5. The lowest BCUT2D eigenvalue weighted by Gasteiger charge is -2.09. The fourth-order valence-electron chi connectivity index (χ4n) is 2.22. The molecule has 2 N–H and O–H groups in total. The van der Waals surface area contributed by atoms with Crippen molar-refractivity contribution in [1.29, 1.82) is 0 Å². The van der Waals surface area contributed by atoms with Gasteiger partial charge in [0.05, 0.1) is 12.2 Å². The van der Waals surface area contributed by atoms with Crippen molar-refractivity contribution in [2.24, 2.45) is 5.92 Å². The summed E-state index contributed by atoms with van der Waals surface area (Å²) in [5.74, 6) is 1.44. The minimum Gasteiger partial charge on any atom is -0.487 e. The average molecular weight is 311 g/mol. The molecule has 5 nitrogen and oxygen atoms in total. The van der Waals surface area contributed by atoms with Crippen molar-refractivity contribution in [3.8, 4) is 5.75 Å². The van der Waals surface area contributed by atoms with Gasteiger partial charge in [0.1, 0.15) is 12.4 Å². The van der Waals surface area contributed by atoms with Crippen LogP contribution in [-0.4, -0.2) is 24.0 Å². The molecule has 23 heavy (non-hydrogen) atoms. The number of pyridine rings is 1. The Labute approximate surface area is 136 Å². The first-order chi connectivity index (χ1) is 11.3. The number of nitrogens with one attached hydrogen (secondary N) is 2. The van der Waals surface area contributed by atoms with E-state index in [1.165, 1.54) is 12.8 Å². The van der Waals surface area contributed by atoms with Crippen molar-refractivity contribution < 1.29 is 9.53 Å². The summed E-state index contributed by atoms with van der Waals surface area (Å²) in [5, 5.41) is 6.05. The van der Waals surface area contributed by atoms with Crippen LogP contribution < -0.4 is 15.4 Å². The molecule has 1 aromatic heterocycles. The maximum absolute atomic E-state index is 11.9. The van der Waals surface area contributed by atoms with Gasteiger partial charge in [-0.05, 0) is 49.6 Å². The monoisotopic (exact) mass is 311 g/mol. The van der Waals surface area contributed by atoms with Crippen LogP contribution in [0.1, 0.15) is 18.5 Å². The van der Waals surface area contributed by atoms with Crippen LogP contribution in [0.15, 0.2) is 48.7 Å². The number of amides is 1. The summed E-state index contributed by atoms with van der Waals surface area (Å²) in [4.78, 5) is 16.1. The summed E-state index contributed by atoms with van der Waals surface area (Å²) >= 11 is 0. The van der Waals surface area contributed by atoms with Gasteiger partial charge in [0, 0.05) is 18.0 Å². The van der Waals surface area contributed by atoms with E-state index in [1.54, 1.807) is 6.20 Å². The van der Waals surface area contributed by atoms with Gasteiger partial charge in [-0.15, -0.1) is 0 Å². The number of hydrogen-bond donors (Lipinski definition) is 2. The Morgan fingerprint density at radius 3 is 2.91 bits per heavy atom. The van der Waals surface area contributed by atoms with E-state index in [1.807, 2.05) is 42.5 Å². The molecule has 0 saturated heterocycles. The molecule has 1 aliphatic carbocycles. The third kappa shape index (κ3) is 5.38. The Balaban J connectivity index is 1.47. The van der Waals surface area contributed by atoms with E-state index in [2.05, 4.69) is 15.6 Å². The Kier molecular flexibility index (Phi) is 5.21. The van der Waals surface area contributed by atoms with Crippen LogP contribution in [0.4, 0.5) is 5.69 Å². The normalized spacial score (nSPS) is 13.6. The number of nitrogens with zero attached hydrogens (tertiary/aromatic N) is 1. The van der Waals surface area contributed by atoms with Gasteiger partial charge >= 0.3 is 0 Å². The fraction of sp³-hybridized carbons (Fsp3) is 0.333. The average Bonchev–Trinajstić information content (AvgIpc) is 3.39. The molecule has 1 aromatic carbocycles. The lowest BCUT2D eigenvalue weighted by atomic mass is 10.3. The van der Waals surface area contributed by atoms with Crippen molar-refractivity contribution in [3.05, 3.63) is 54.4 Å². The second-order valence-corrected chi connectivity index (χ2v) is 5.76. The van der Waals surface area contributed by atoms with Gasteiger partial charge in [-0.3, -0.25) is 9.78 Å². The number of rotatable bonds is 8. The molecule has 0 spiro atoms. The van der Waals surface area contributed by atoms with E-state index < -0.39 is 0 Å². The highest BCUT2D eigenvalue weighted by Crippen LogP contribution is 2.27. The molecule has 3 rings (SSSR count). The van der Waals surface area contributed by atoms with Crippen LogP contribution in [0.25, 0.3) is 0 Å². The van der Waals surface area contributed by atoms with Crippen LogP contribution in [0.2, 0.25) is 0 Å². The lowest BCUT2D eigenvalue weighted by molar-refractivity contribution is -0.115. The van der Waals surface area contributed by atoms with Crippen LogP contribution >= 0.6 is 0 Å². The number of anilines is 1. The zero-order chi connectivity index (χ0) is 15.9. The Morgan fingerprint density at radius 1 is 1.22 bits per heavy atom. The van der Waals surface area contributed by atoms with E-state index in [4.69, 9.17) is 4.74 Å². The van der Waals surface area contributed by atoms with Crippen molar-refractivity contribution in [2.45, 2.75) is 19.4 Å². The van der Waals surface area contributed by atoms with E-state index in [0.29, 0.717) is 18.9 Å². The Morgan fingerprint density at radius 2 is 2.13 bits per heavy atom. The SMILES string of the molecule is O=C(CNCC1CC1)Nc1cccc(OCc2ccccn2)c1. The largest absolute Gasteiger partial charge is 0.487 e. The molecule has 1 amide bonds. The van der Waals surface area contributed by atoms with Crippen molar-refractivity contribution in [2.75, 3.05) is 18.4 Å². The van der Waals surface area contributed by atoms with Gasteiger partial charge in [0.25, 0.3) is 0 Å². The number of ether oxygens (including phenoxy) is 1. The molecule has 0 bridgehead atoms. The summed E-state index contributed by atoms with van der Waals surface area (Å²) in [6.45, 7) is 1.68. The third-order valence-corrected chi connectivity index (χ3v) is 3.65. The smallest absolute Gasteiger partial charge is 0.238 e. The van der Waals surface area contributed by atoms with Gasteiger partial charge in [-0.2, -0.15) is 0 Å². The summed E-state index contributed by atoms with van der Waals surface area (Å²) < 4.78 is 5.71. The van der Waals surface area contributed by atoms with Crippen LogP contribution in [-0.2, 0) is 11.4 Å². The molecule has 1 aliphatic rings. The minimum absolute atomic E-state index is 0.0347. The number of hydrogen-bond acceptors (Lipinski definition) is 4. The summed E-state index contributed by atoms with van der Waals surface area (Å²) in [6, 6.07) is 13.1. The van der Waals surface area contributed by atoms with Gasteiger partial charge in [-0.1, -0.05) is 12.1 Å². The molecule has 0 aliphatic heterocycles. The van der Waals surface area contributed by atoms with Crippen LogP contribution in [0.5, 0.6) is 5.75 Å². The summed E-state index contributed by atoms with van der Waals surface area (Å²) in [7, 11) is 0. The van der Waals surface area contributed by atoms with Crippen LogP contribution in [0, 0.1) is 5.92 Å². The molecule has 120 valence electrons. The quantitative estimate of drug-likeness (QED) is 0.786. The topological polar surface area (TPSA) is 63.2 Å². The van der Waals surface area contributed by atoms with Crippen molar-refractivity contribution in [1.82, 2.24) is 10.3 Å². The second kappa shape index (κ2) is 7.74. The summed E-state index contributed by atoms with van der Waals surface area (Å²) in [6.07, 6.45) is 4.30. The van der Waals surface area contributed by atoms with Gasteiger partial charge in [0.2, 0.25) is 5.91 Å². The molecule has 1 saturated carbocycles. The van der Waals surface area contributed by atoms with E-state index >= 15 is 0 Å². The molecule has 0 radical (unpaired) electrons. The van der Waals surface area contributed by atoms with Crippen molar-refractivity contribution >= 4 is 11.6 Å². The zero-order valence-corrected chi connectivity index (χ0v) is 13.0. The predicted molar refractivity (Wildman–Crippen MR) is 89.2 cm³/mol. The van der Waals surface area contributed by atoms with Crippen LogP contribution in [0.3, 0.4) is 0 Å². The van der Waals surface area contributed by atoms with E-state index in [-0.39, 0.29) is 5.91 Å². The Hall–Kier alpha value is -2.40. The first kappa shape index (κ1) is 15.5. The van der Waals surface area contributed by atoms with Gasteiger partial charge < -0.3 is 15.4 Å². The number of benzene rings is 1. The third-order valence-electron chi connectivity index (χ3n) is 3.65. The molecular weight excluding hydrogens is 290 g/mol. The van der Waals surface area contributed by atoms with Gasteiger partial charge in [0.15, 0.2) is 0 Å². The first-order valence-corrected chi connectivity index (χ1v) is 7.93. The van der Waals surface area contributed by atoms with Crippen molar-refractivity contribution in [3.63, 3.8) is 0 Å².